The summed E-state index contributed by atoms with van der Waals surface area (Å²) in [6, 6.07) is 0. The third-order valence-corrected chi connectivity index (χ3v) is 4.96. The standard InChI is InChI=1S/C13H22N2O2/c1-2-3-13-7-14-5-10(6-15(8-13)9-14)11(13)4-12(16)17/h10-11H,2-9H2,1H3,(H,16,17). The van der Waals surface area contributed by atoms with Gasteiger partial charge in [-0.25, -0.2) is 0 Å². The Kier molecular flexibility index (Phi) is 2.67. The van der Waals surface area contributed by atoms with Gasteiger partial charge in [-0.3, -0.25) is 14.6 Å². The van der Waals surface area contributed by atoms with E-state index in [1.807, 2.05) is 0 Å². The molecule has 0 radical (unpaired) electrons. The van der Waals surface area contributed by atoms with Crippen molar-refractivity contribution in [2.24, 2.45) is 17.3 Å². The van der Waals surface area contributed by atoms with Crippen LogP contribution in [-0.4, -0.2) is 53.7 Å². The monoisotopic (exact) mass is 238 g/mol. The van der Waals surface area contributed by atoms with Crippen LogP contribution in [0.4, 0.5) is 0 Å². The first-order chi connectivity index (χ1) is 8.13. The molecule has 0 aromatic heterocycles. The summed E-state index contributed by atoms with van der Waals surface area (Å²) in [7, 11) is 0. The first kappa shape index (κ1) is 11.5. The lowest BCUT2D eigenvalue weighted by Gasteiger charge is -2.63. The number of aliphatic carboxylic acids is 1. The molecular formula is C13H22N2O2. The zero-order valence-electron chi connectivity index (χ0n) is 10.6. The third kappa shape index (κ3) is 1.78. The van der Waals surface area contributed by atoms with Crippen LogP contribution in [-0.2, 0) is 4.79 Å². The first-order valence-corrected chi connectivity index (χ1v) is 6.79. The van der Waals surface area contributed by atoms with Gasteiger partial charge in [-0.15, -0.1) is 0 Å². The molecule has 0 aliphatic carbocycles. The van der Waals surface area contributed by atoms with Crippen molar-refractivity contribution in [1.29, 1.82) is 0 Å². The average molecular weight is 238 g/mol. The van der Waals surface area contributed by atoms with Crippen molar-refractivity contribution in [2.75, 3.05) is 32.8 Å². The maximum atomic E-state index is 11.1. The largest absolute Gasteiger partial charge is 0.481 e. The van der Waals surface area contributed by atoms with Crippen molar-refractivity contribution in [1.82, 2.24) is 9.80 Å². The maximum Gasteiger partial charge on any atom is 0.303 e. The van der Waals surface area contributed by atoms with E-state index >= 15 is 0 Å². The number of carbonyl (C=O) groups is 1. The zero-order valence-corrected chi connectivity index (χ0v) is 10.6. The maximum absolute atomic E-state index is 11.1. The molecule has 4 aliphatic heterocycles. The first-order valence-electron chi connectivity index (χ1n) is 6.79. The molecule has 4 bridgehead atoms. The predicted molar refractivity (Wildman–Crippen MR) is 64.6 cm³/mol. The molecule has 4 rings (SSSR count). The van der Waals surface area contributed by atoms with Crippen molar-refractivity contribution in [3.63, 3.8) is 0 Å². The highest BCUT2D eigenvalue weighted by atomic mass is 16.4. The molecule has 3 atom stereocenters. The smallest absolute Gasteiger partial charge is 0.303 e. The van der Waals surface area contributed by atoms with Crippen molar-refractivity contribution in [3.8, 4) is 0 Å². The molecule has 4 nitrogen and oxygen atoms in total. The molecule has 0 saturated carbocycles. The van der Waals surface area contributed by atoms with Crippen LogP contribution >= 0.6 is 0 Å². The highest BCUT2D eigenvalue weighted by Crippen LogP contribution is 2.50. The topological polar surface area (TPSA) is 43.8 Å². The van der Waals surface area contributed by atoms with Crippen molar-refractivity contribution < 1.29 is 9.90 Å². The van der Waals surface area contributed by atoms with Gasteiger partial charge >= 0.3 is 5.97 Å². The van der Waals surface area contributed by atoms with E-state index in [-0.39, 0.29) is 5.41 Å². The Labute approximate surface area is 103 Å². The van der Waals surface area contributed by atoms with Crippen LogP contribution in [0.2, 0.25) is 0 Å². The van der Waals surface area contributed by atoms with Crippen LogP contribution < -0.4 is 0 Å². The Morgan fingerprint density at radius 2 is 2.00 bits per heavy atom. The number of nitrogens with zero attached hydrogens (tertiary/aromatic N) is 2. The second kappa shape index (κ2) is 3.95. The molecule has 1 N–H and O–H groups in total. The summed E-state index contributed by atoms with van der Waals surface area (Å²) < 4.78 is 0. The molecule has 3 unspecified atom stereocenters. The van der Waals surface area contributed by atoms with E-state index in [1.165, 1.54) is 12.8 Å². The number of hydrogen-bond acceptors (Lipinski definition) is 3. The molecule has 4 heteroatoms. The lowest BCUT2D eigenvalue weighted by Crippen LogP contribution is -2.71. The highest BCUT2D eigenvalue weighted by molar-refractivity contribution is 5.67. The summed E-state index contributed by atoms with van der Waals surface area (Å²) in [5.74, 6) is 0.393. The fourth-order valence-corrected chi connectivity index (χ4v) is 4.69. The van der Waals surface area contributed by atoms with E-state index in [4.69, 9.17) is 5.11 Å². The molecule has 4 saturated heterocycles. The molecule has 4 fully saturated rings. The predicted octanol–water partition coefficient (Wildman–Crippen LogP) is 1.08. The lowest BCUT2D eigenvalue weighted by molar-refractivity contribution is -0.175. The fraction of sp³-hybridized carbons (Fsp3) is 0.923. The van der Waals surface area contributed by atoms with Gasteiger partial charge < -0.3 is 5.11 Å². The van der Waals surface area contributed by atoms with Gasteiger partial charge in [0.1, 0.15) is 0 Å². The molecule has 4 aliphatic rings. The fourth-order valence-electron chi connectivity index (χ4n) is 4.69. The van der Waals surface area contributed by atoms with Crippen LogP contribution in [0.3, 0.4) is 0 Å². The number of carboxylic acids is 1. The van der Waals surface area contributed by atoms with Gasteiger partial charge in [-0.2, -0.15) is 0 Å². The van der Waals surface area contributed by atoms with E-state index in [0.29, 0.717) is 18.3 Å². The van der Waals surface area contributed by atoms with Gasteiger partial charge in [0, 0.05) is 32.6 Å². The van der Waals surface area contributed by atoms with Gasteiger partial charge in [-0.05, 0) is 23.7 Å². The van der Waals surface area contributed by atoms with Crippen LogP contribution in [0.1, 0.15) is 26.2 Å². The molecule has 0 spiro atoms. The van der Waals surface area contributed by atoms with E-state index in [2.05, 4.69) is 16.7 Å². The van der Waals surface area contributed by atoms with Crippen LogP contribution in [0.25, 0.3) is 0 Å². The SMILES string of the molecule is CCCC12CN3CC(CN(C3)C1)C2CC(=O)O. The van der Waals surface area contributed by atoms with E-state index < -0.39 is 5.97 Å². The number of rotatable bonds is 4. The van der Waals surface area contributed by atoms with E-state index in [0.717, 1.165) is 32.8 Å². The van der Waals surface area contributed by atoms with Crippen molar-refractivity contribution in [3.05, 3.63) is 0 Å². The van der Waals surface area contributed by atoms with Crippen LogP contribution in [0, 0.1) is 17.3 Å². The zero-order chi connectivity index (χ0) is 12.0. The number of piperidine rings is 2. The minimum atomic E-state index is -0.608. The number of carboxylic acid groups (broad SMARTS) is 1. The summed E-state index contributed by atoms with van der Waals surface area (Å²) in [5.41, 5.74) is 0.270. The van der Waals surface area contributed by atoms with Gasteiger partial charge in [0.25, 0.3) is 0 Å². The summed E-state index contributed by atoms with van der Waals surface area (Å²) in [6.07, 6.45) is 2.74. The second-order valence-electron chi connectivity index (χ2n) is 6.24. The molecule has 17 heavy (non-hydrogen) atoms. The molecule has 96 valence electrons. The Hall–Kier alpha value is -0.610. The van der Waals surface area contributed by atoms with Crippen LogP contribution in [0.5, 0.6) is 0 Å². The van der Waals surface area contributed by atoms with Crippen molar-refractivity contribution >= 4 is 5.97 Å². The molecule has 4 heterocycles. The van der Waals surface area contributed by atoms with Gasteiger partial charge in [0.05, 0.1) is 6.67 Å². The van der Waals surface area contributed by atoms with Gasteiger partial charge in [0.15, 0.2) is 0 Å². The summed E-state index contributed by atoms with van der Waals surface area (Å²) in [4.78, 5) is 16.2. The molecule has 0 aromatic carbocycles. The summed E-state index contributed by atoms with van der Waals surface area (Å²) in [6.45, 7) is 7.85. The van der Waals surface area contributed by atoms with Crippen molar-refractivity contribution in [2.45, 2.75) is 26.2 Å². The Bertz CT molecular complexity index is 317. The second-order valence-corrected chi connectivity index (χ2v) is 6.24. The normalized spacial score (nSPS) is 47.4. The summed E-state index contributed by atoms with van der Waals surface area (Å²) in [5, 5.41) is 9.15. The van der Waals surface area contributed by atoms with Crippen LogP contribution in [0.15, 0.2) is 0 Å². The summed E-state index contributed by atoms with van der Waals surface area (Å²) >= 11 is 0. The van der Waals surface area contributed by atoms with Gasteiger partial charge in [0.2, 0.25) is 0 Å². The molecule has 0 amide bonds. The highest BCUT2D eigenvalue weighted by Gasteiger charge is 2.55. The Morgan fingerprint density at radius 1 is 1.35 bits per heavy atom. The minimum absolute atomic E-state index is 0.270. The Morgan fingerprint density at radius 3 is 2.53 bits per heavy atom. The van der Waals surface area contributed by atoms with E-state index in [9.17, 15) is 4.79 Å². The molecular weight excluding hydrogens is 216 g/mol. The average Bonchev–Trinajstić information content (AvgIpc) is 2.22. The van der Waals surface area contributed by atoms with E-state index in [1.54, 1.807) is 0 Å². The lowest BCUT2D eigenvalue weighted by atomic mass is 9.59. The third-order valence-electron chi connectivity index (χ3n) is 4.96. The Balaban J connectivity index is 1.87. The minimum Gasteiger partial charge on any atom is -0.481 e. The number of hydrogen-bond donors (Lipinski definition) is 1. The van der Waals surface area contributed by atoms with Gasteiger partial charge in [-0.1, -0.05) is 13.3 Å². The molecule has 0 aromatic rings. The quantitative estimate of drug-likeness (QED) is 0.796.